The van der Waals surface area contributed by atoms with Crippen molar-refractivity contribution < 1.29 is 9.15 Å². The van der Waals surface area contributed by atoms with E-state index in [1.54, 1.807) is 0 Å². The number of hydrogen-bond acceptors (Lipinski definition) is 4. The molecule has 1 heterocycles. The third kappa shape index (κ3) is 4.88. The first-order valence-electron chi connectivity index (χ1n) is 7.23. The minimum atomic E-state index is 0.524. The molecule has 0 amide bonds. The van der Waals surface area contributed by atoms with E-state index in [0.29, 0.717) is 19.6 Å². The normalized spacial score (nSPS) is 10.1. The summed E-state index contributed by atoms with van der Waals surface area (Å²) in [6.45, 7) is 3.29. The van der Waals surface area contributed by atoms with Crippen LogP contribution in [-0.4, -0.2) is 6.61 Å². The number of furan rings is 1. The Morgan fingerprint density at radius 2 is 2.10 bits per heavy atom. The molecule has 0 saturated heterocycles. The van der Waals surface area contributed by atoms with Crippen LogP contribution in [0.3, 0.4) is 0 Å². The Balaban J connectivity index is 1.84. The number of nitrogens with one attached hydrogen (secondary N) is 1. The maximum atomic E-state index is 8.48. The Kier molecular flexibility index (Phi) is 5.71. The average Bonchev–Trinajstić information content (AvgIpc) is 2.98. The van der Waals surface area contributed by atoms with Crippen LogP contribution in [0.4, 0.5) is 5.69 Å². The molecule has 0 bridgehead atoms. The van der Waals surface area contributed by atoms with E-state index in [1.807, 2.05) is 36.4 Å². The molecule has 0 fully saturated rings. The first-order chi connectivity index (χ1) is 10.3. The topological polar surface area (TPSA) is 58.2 Å². The Hall–Kier alpha value is -2.41. The van der Waals surface area contributed by atoms with Crippen LogP contribution in [0.1, 0.15) is 31.3 Å². The van der Waals surface area contributed by atoms with E-state index in [0.717, 1.165) is 35.8 Å². The minimum Gasteiger partial charge on any atom is -0.493 e. The highest BCUT2D eigenvalue weighted by molar-refractivity contribution is 5.48. The second-order valence-electron chi connectivity index (χ2n) is 4.71. The van der Waals surface area contributed by atoms with E-state index in [2.05, 4.69) is 18.3 Å². The summed E-state index contributed by atoms with van der Waals surface area (Å²) in [5.74, 6) is 2.74. The van der Waals surface area contributed by atoms with Gasteiger partial charge >= 0.3 is 0 Å². The van der Waals surface area contributed by atoms with E-state index in [4.69, 9.17) is 14.4 Å². The molecule has 1 aromatic carbocycles. The second kappa shape index (κ2) is 8.01. The van der Waals surface area contributed by atoms with Gasteiger partial charge in [0.1, 0.15) is 17.3 Å². The molecule has 1 N–H and O–H groups in total. The molecule has 0 unspecified atom stereocenters. The first kappa shape index (κ1) is 15.0. The molecule has 4 nitrogen and oxygen atoms in total. The van der Waals surface area contributed by atoms with Gasteiger partial charge in [-0.15, -0.1) is 0 Å². The van der Waals surface area contributed by atoms with E-state index in [-0.39, 0.29) is 0 Å². The average molecular weight is 284 g/mol. The van der Waals surface area contributed by atoms with Crippen LogP contribution in [0.25, 0.3) is 0 Å². The van der Waals surface area contributed by atoms with E-state index in [1.165, 1.54) is 0 Å². The SMILES string of the molecule is CCc1ccc(CNc2cccc(OCCCC#N)c2)o1. The molecule has 0 atom stereocenters. The molecule has 4 heteroatoms. The predicted molar refractivity (Wildman–Crippen MR) is 82.2 cm³/mol. The van der Waals surface area contributed by atoms with Crippen LogP contribution in [-0.2, 0) is 13.0 Å². The summed E-state index contributed by atoms with van der Waals surface area (Å²) in [7, 11) is 0. The molecule has 0 aliphatic rings. The molecule has 1 aromatic heterocycles. The van der Waals surface area contributed by atoms with Crippen molar-refractivity contribution in [3.63, 3.8) is 0 Å². The molecule has 0 aliphatic carbocycles. The van der Waals surface area contributed by atoms with E-state index < -0.39 is 0 Å². The number of anilines is 1. The minimum absolute atomic E-state index is 0.524. The zero-order chi connectivity index (χ0) is 14.9. The number of hydrogen-bond donors (Lipinski definition) is 1. The van der Waals surface area contributed by atoms with Crippen LogP contribution in [0.2, 0.25) is 0 Å². The lowest BCUT2D eigenvalue weighted by Gasteiger charge is -2.08. The number of ether oxygens (including phenoxy) is 1. The summed E-state index contributed by atoms with van der Waals surface area (Å²) in [6.07, 6.45) is 2.18. The number of aryl methyl sites for hydroxylation is 1. The van der Waals surface area contributed by atoms with Gasteiger partial charge in [0, 0.05) is 24.6 Å². The monoisotopic (exact) mass is 284 g/mol. The maximum Gasteiger partial charge on any atom is 0.123 e. The standard InChI is InChI=1S/C17H20N2O2/c1-2-15-8-9-17(21-15)13-19-14-6-5-7-16(12-14)20-11-4-3-10-18/h5-9,12,19H,2-4,11,13H2,1H3. The molecule has 0 saturated carbocycles. The Labute approximate surface area is 125 Å². The molecular formula is C17H20N2O2. The Morgan fingerprint density at radius 1 is 1.24 bits per heavy atom. The van der Waals surface area contributed by atoms with Crippen LogP contribution in [0, 0.1) is 11.3 Å². The smallest absolute Gasteiger partial charge is 0.123 e. The summed E-state index contributed by atoms with van der Waals surface area (Å²) in [4.78, 5) is 0. The molecule has 2 aromatic rings. The Bertz CT molecular complexity index is 599. The maximum absolute atomic E-state index is 8.48. The quantitative estimate of drug-likeness (QED) is 0.740. The number of nitrogens with zero attached hydrogens (tertiary/aromatic N) is 1. The highest BCUT2D eigenvalue weighted by atomic mass is 16.5. The summed E-state index contributed by atoms with van der Waals surface area (Å²) in [5, 5.41) is 11.8. The summed E-state index contributed by atoms with van der Waals surface area (Å²) in [5.41, 5.74) is 0.988. The fourth-order valence-corrected chi connectivity index (χ4v) is 1.93. The Morgan fingerprint density at radius 3 is 2.86 bits per heavy atom. The second-order valence-corrected chi connectivity index (χ2v) is 4.71. The number of nitriles is 1. The van der Waals surface area contributed by atoms with Crippen LogP contribution in [0.5, 0.6) is 5.75 Å². The van der Waals surface area contributed by atoms with Gasteiger partial charge in [0.25, 0.3) is 0 Å². The van der Waals surface area contributed by atoms with E-state index in [9.17, 15) is 0 Å². The van der Waals surface area contributed by atoms with Crippen molar-refractivity contribution in [1.82, 2.24) is 0 Å². The zero-order valence-electron chi connectivity index (χ0n) is 12.3. The van der Waals surface area contributed by atoms with Crippen molar-refractivity contribution in [2.75, 3.05) is 11.9 Å². The van der Waals surface area contributed by atoms with Gasteiger partial charge in [-0.05, 0) is 30.7 Å². The summed E-state index contributed by atoms with van der Waals surface area (Å²) in [6, 6.07) is 13.9. The van der Waals surface area contributed by atoms with Gasteiger partial charge in [0.05, 0.1) is 19.2 Å². The number of unbranched alkanes of at least 4 members (excludes halogenated alkanes) is 1. The lowest BCUT2D eigenvalue weighted by molar-refractivity contribution is 0.313. The van der Waals surface area contributed by atoms with Gasteiger partial charge in [-0.25, -0.2) is 0 Å². The van der Waals surface area contributed by atoms with Crippen molar-refractivity contribution in [3.05, 3.63) is 47.9 Å². The van der Waals surface area contributed by atoms with Gasteiger partial charge in [0.2, 0.25) is 0 Å². The highest BCUT2D eigenvalue weighted by Gasteiger charge is 2.01. The van der Waals surface area contributed by atoms with Crippen LogP contribution in [0.15, 0.2) is 40.8 Å². The zero-order valence-corrected chi connectivity index (χ0v) is 12.3. The van der Waals surface area contributed by atoms with Crippen LogP contribution >= 0.6 is 0 Å². The predicted octanol–water partition coefficient (Wildman–Crippen LogP) is 4.14. The molecule has 0 radical (unpaired) electrons. The fraction of sp³-hybridized carbons (Fsp3) is 0.353. The number of benzene rings is 1. The van der Waals surface area contributed by atoms with Crippen molar-refractivity contribution in [1.29, 1.82) is 5.26 Å². The largest absolute Gasteiger partial charge is 0.493 e. The summed E-state index contributed by atoms with van der Waals surface area (Å²) >= 11 is 0. The van der Waals surface area contributed by atoms with Crippen LogP contribution < -0.4 is 10.1 Å². The van der Waals surface area contributed by atoms with E-state index >= 15 is 0 Å². The first-order valence-corrected chi connectivity index (χ1v) is 7.23. The third-order valence-electron chi connectivity index (χ3n) is 3.07. The molecule has 0 spiro atoms. The van der Waals surface area contributed by atoms with Gasteiger partial charge in [0.15, 0.2) is 0 Å². The van der Waals surface area contributed by atoms with Crippen molar-refractivity contribution in [3.8, 4) is 11.8 Å². The lowest BCUT2D eigenvalue weighted by Crippen LogP contribution is -2.00. The van der Waals surface area contributed by atoms with Crippen molar-refractivity contribution >= 4 is 5.69 Å². The third-order valence-corrected chi connectivity index (χ3v) is 3.07. The van der Waals surface area contributed by atoms with Gasteiger partial charge < -0.3 is 14.5 Å². The summed E-state index contributed by atoms with van der Waals surface area (Å²) < 4.78 is 11.3. The van der Waals surface area contributed by atoms with Crippen molar-refractivity contribution in [2.45, 2.75) is 32.7 Å². The molecule has 21 heavy (non-hydrogen) atoms. The highest BCUT2D eigenvalue weighted by Crippen LogP contribution is 2.19. The molecular weight excluding hydrogens is 264 g/mol. The number of rotatable bonds is 8. The molecule has 0 aliphatic heterocycles. The lowest BCUT2D eigenvalue weighted by atomic mass is 10.3. The van der Waals surface area contributed by atoms with Gasteiger partial charge in [-0.1, -0.05) is 13.0 Å². The van der Waals surface area contributed by atoms with Crippen molar-refractivity contribution in [2.24, 2.45) is 0 Å². The molecule has 2 rings (SSSR count). The van der Waals surface area contributed by atoms with Gasteiger partial charge in [-0.2, -0.15) is 5.26 Å². The fourth-order valence-electron chi connectivity index (χ4n) is 1.93. The molecule has 110 valence electrons. The van der Waals surface area contributed by atoms with Gasteiger partial charge in [-0.3, -0.25) is 0 Å².